The van der Waals surface area contributed by atoms with Crippen molar-refractivity contribution >= 4 is 43.8 Å². The zero-order chi connectivity index (χ0) is 33.6. The van der Waals surface area contributed by atoms with Gasteiger partial charge in [0, 0.05) is 35.1 Å². The van der Waals surface area contributed by atoms with Gasteiger partial charge in [0.2, 0.25) is 16.0 Å². The summed E-state index contributed by atoms with van der Waals surface area (Å²) in [5.74, 6) is 1.77. The number of benzene rings is 3. The van der Waals surface area contributed by atoms with Crippen LogP contribution in [0.3, 0.4) is 0 Å². The largest absolute Gasteiger partial charge is 0.497 e. The van der Waals surface area contributed by atoms with Gasteiger partial charge in [0.05, 0.1) is 41.2 Å². The van der Waals surface area contributed by atoms with E-state index in [9.17, 15) is 13.2 Å². The van der Waals surface area contributed by atoms with E-state index in [0.717, 1.165) is 51.6 Å². The molecule has 2 aromatic heterocycles. The van der Waals surface area contributed by atoms with Gasteiger partial charge in [0.25, 0.3) is 0 Å². The molecule has 2 amide bonds. The maximum atomic E-state index is 13.9. The molecule has 2 aliphatic rings. The number of sulfonamides is 1. The number of hydrogen-bond acceptors (Lipinski definition) is 7. The first-order valence-corrected chi connectivity index (χ1v) is 18.0. The summed E-state index contributed by atoms with van der Waals surface area (Å²) in [7, 11) is -2.28. The van der Waals surface area contributed by atoms with Crippen molar-refractivity contribution in [1.29, 1.82) is 0 Å². The first kappa shape index (κ1) is 31.9. The minimum atomic E-state index is -3.89. The van der Waals surface area contributed by atoms with Crippen molar-refractivity contribution in [3.63, 3.8) is 0 Å². The normalized spacial score (nSPS) is 18.2. The molecule has 2 heterocycles. The fourth-order valence-corrected chi connectivity index (χ4v) is 7.97. The van der Waals surface area contributed by atoms with Gasteiger partial charge in [0.15, 0.2) is 0 Å². The summed E-state index contributed by atoms with van der Waals surface area (Å²) in [4.78, 5) is 26.7. The minimum Gasteiger partial charge on any atom is -0.497 e. The number of pyridine rings is 1. The number of hydrogen-bond donors (Lipinski definition) is 5. The molecule has 0 aliphatic heterocycles. The fraction of sp³-hybridized carbons (Fsp3) is 0.361. The van der Waals surface area contributed by atoms with Crippen LogP contribution in [0.5, 0.6) is 5.75 Å². The number of urea groups is 1. The van der Waals surface area contributed by atoms with Crippen LogP contribution in [-0.2, 0) is 10.0 Å². The van der Waals surface area contributed by atoms with Crippen molar-refractivity contribution < 1.29 is 17.9 Å². The summed E-state index contributed by atoms with van der Waals surface area (Å²) in [6.45, 7) is 6.16. The Bertz CT molecular complexity index is 2080. The van der Waals surface area contributed by atoms with Crippen LogP contribution in [0.2, 0.25) is 0 Å². The number of carbonyl (C=O) groups excluding carboxylic acids is 1. The predicted molar refractivity (Wildman–Crippen MR) is 187 cm³/mol. The minimum absolute atomic E-state index is 0.131. The third-order valence-electron chi connectivity index (χ3n) is 9.19. The third-order valence-corrected chi connectivity index (χ3v) is 10.7. The molecule has 0 bridgehead atoms. The number of H-pyrrole nitrogens is 1. The van der Waals surface area contributed by atoms with Crippen molar-refractivity contribution in [2.45, 2.75) is 69.0 Å². The Labute approximate surface area is 280 Å². The molecule has 0 spiro atoms. The Balaban J connectivity index is 1.29. The zero-order valence-electron chi connectivity index (χ0n) is 27.5. The number of ether oxygens (including phenoxy) is 1. The number of fused-ring (bicyclic) bond motifs is 4. The molecule has 250 valence electrons. The first-order chi connectivity index (χ1) is 23.1. The van der Waals surface area contributed by atoms with Crippen LogP contribution >= 0.6 is 0 Å². The monoisotopic (exact) mass is 667 g/mol. The molecule has 5 aromatic rings. The molecule has 1 saturated carbocycles. The van der Waals surface area contributed by atoms with Crippen LogP contribution in [-0.4, -0.2) is 43.1 Å². The summed E-state index contributed by atoms with van der Waals surface area (Å²) in [5, 5.41) is 11.1. The molecule has 7 rings (SSSR count). The second-order valence-electron chi connectivity index (χ2n) is 13.3. The lowest BCUT2D eigenvalue weighted by atomic mass is 9.98. The number of anilines is 1. The lowest BCUT2D eigenvalue weighted by Gasteiger charge is -2.20. The van der Waals surface area contributed by atoms with Gasteiger partial charge >= 0.3 is 6.03 Å². The molecule has 0 saturated heterocycles. The molecule has 0 radical (unpaired) electrons. The lowest BCUT2D eigenvalue weighted by molar-refractivity contribution is 0.233. The van der Waals surface area contributed by atoms with E-state index in [1.165, 1.54) is 0 Å². The van der Waals surface area contributed by atoms with Gasteiger partial charge in [-0.2, -0.15) is 0 Å². The Morgan fingerprint density at radius 1 is 1.02 bits per heavy atom. The second kappa shape index (κ2) is 12.7. The van der Waals surface area contributed by atoms with E-state index in [1.54, 1.807) is 13.2 Å². The van der Waals surface area contributed by atoms with Gasteiger partial charge in [-0.05, 0) is 85.2 Å². The number of methoxy groups -OCH3 is 1. The van der Waals surface area contributed by atoms with E-state index >= 15 is 0 Å². The number of rotatable bonds is 11. The number of amides is 2. The smallest absolute Gasteiger partial charge is 0.315 e. The SMILES string of the molecule is COc1cccc(C(C)NC(=O)N[C@@H]2C[C@@H](Nc3nc4ccccc4[nH]3)c3c2cc(S(=O)(=O)NCC(C)C)c2cc(C4CC4)ncc32)c1. The summed E-state index contributed by atoms with van der Waals surface area (Å²) in [6.07, 6.45) is 4.37. The maximum absolute atomic E-state index is 13.9. The van der Waals surface area contributed by atoms with Gasteiger partial charge in [-0.15, -0.1) is 0 Å². The third kappa shape index (κ3) is 6.42. The van der Waals surface area contributed by atoms with Crippen LogP contribution in [0.4, 0.5) is 10.7 Å². The highest BCUT2D eigenvalue weighted by atomic mass is 32.2. The Hall–Kier alpha value is -4.68. The topological polar surface area (TPSA) is 150 Å². The number of aromatic nitrogens is 3. The van der Waals surface area contributed by atoms with Crippen molar-refractivity contribution in [1.82, 2.24) is 30.3 Å². The van der Waals surface area contributed by atoms with Crippen molar-refractivity contribution in [2.24, 2.45) is 5.92 Å². The lowest BCUT2D eigenvalue weighted by Crippen LogP contribution is -2.38. The van der Waals surface area contributed by atoms with E-state index in [2.05, 4.69) is 25.7 Å². The Morgan fingerprint density at radius 2 is 1.83 bits per heavy atom. The number of nitrogens with zero attached hydrogens (tertiary/aromatic N) is 2. The van der Waals surface area contributed by atoms with Gasteiger partial charge in [-0.3, -0.25) is 4.98 Å². The molecule has 5 N–H and O–H groups in total. The molecule has 2 aliphatic carbocycles. The molecule has 48 heavy (non-hydrogen) atoms. The van der Waals surface area contributed by atoms with Gasteiger partial charge < -0.3 is 25.7 Å². The molecule has 11 nitrogen and oxygen atoms in total. The highest BCUT2D eigenvalue weighted by Crippen LogP contribution is 2.47. The molecule has 1 unspecified atom stereocenters. The average Bonchev–Trinajstić information content (AvgIpc) is 3.76. The zero-order valence-corrected chi connectivity index (χ0v) is 28.3. The molecule has 3 aromatic carbocycles. The number of carbonyl (C=O) groups is 1. The maximum Gasteiger partial charge on any atom is 0.315 e. The number of nitrogens with one attached hydrogen (secondary N) is 5. The quantitative estimate of drug-likeness (QED) is 0.107. The van der Waals surface area contributed by atoms with E-state index in [4.69, 9.17) is 14.7 Å². The van der Waals surface area contributed by atoms with Crippen LogP contribution in [0.15, 0.2) is 71.8 Å². The van der Waals surface area contributed by atoms with E-state index in [1.807, 2.05) is 81.6 Å². The molecule has 3 atom stereocenters. The number of aromatic amines is 1. The second-order valence-corrected chi connectivity index (χ2v) is 15.0. The van der Waals surface area contributed by atoms with Gasteiger partial charge in [-0.1, -0.05) is 38.1 Å². The molecule has 12 heteroatoms. The van der Waals surface area contributed by atoms with Crippen LogP contribution < -0.4 is 25.4 Å². The van der Waals surface area contributed by atoms with Crippen LogP contribution in [0.25, 0.3) is 21.8 Å². The van der Waals surface area contributed by atoms with Crippen molar-refractivity contribution in [3.8, 4) is 5.75 Å². The Kier molecular flexibility index (Phi) is 8.46. The van der Waals surface area contributed by atoms with Gasteiger partial charge in [0.1, 0.15) is 5.75 Å². The highest BCUT2D eigenvalue weighted by molar-refractivity contribution is 7.89. The van der Waals surface area contributed by atoms with E-state index in [-0.39, 0.29) is 28.9 Å². The number of para-hydroxylation sites is 2. The van der Waals surface area contributed by atoms with Gasteiger partial charge in [-0.25, -0.2) is 22.9 Å². The number of imidazole rings is 1. The summed E-state index contributed by atoms with van der Waals surface area (Å²) >= 11 is 0. The molecular formula is C36H41N7O4S. The summed E-state index contributed by atoms with van der Waals surface area (Å²) in [5.41, 5.74) is 5.16. The van der Waals surface area contributed by atoms with Crippen LogP contribution in [0, 0.1) is 5.92 Å². The van der Waals surface area contributed by atoms with E-state index < -0.39 is 16.1 Å². The standard InChI is InChI=1S/C36H41N7O4S/c1-20(2)18-38-48(45,46)33-16-26-31(43-36(44)39-21(3)23-8-7-9-24(14-23)47-4)17-32(42-35-40-28-10-5-6-11-29(28)41-35)34(26)27-19-37-30(15-25(27)33)22-12-13-22/h5-11,14-16,19-22,31-32,38H,12-13,17-18H2,1-4H3,(H2,39,43,44)(H2,40,41,42)/t21?,31-,32-/m1/s1. The van der Waals surface area contributed by atoms with Crippen molar-refractivity contribution in [2.75, 3.05) is 19.0 Å². The first-order valence-electron chi connectivity index (χ1n) is 16.5. The predicted octanol–water partition coefficient (Wildman–Crippen LogP) is 6.59. The molecule has 1 fully saturated rings. The van der Waals surface area contributed by atoms with E-state index in [0.29, 0.717) is 36.0 Å². The summed E-state index contributed by atoms with van der Waals surface area (Å²) < 4.78 is 36.0. The van der Waals surface area contributed by atoms with Crippen LogP contribution in [0.1, 0.15) is 86.5 Å². The fourth-order valence-electron chi connectivity index (χ4n) is 6.52. The van der Waals surface area contributed by atoms with Crippen molar-refractivity contribution in [3.05, 3.63) is 89.2 Å². The average molecular weight is 668 g/mol. The Morgan fingerprint density at radius 3 is 2.58 bits per heavy atom. The highest BCUT2D eigenvalue weighted by Gasteiger charge is 2.37. The molecular weight excluding hydrogens is 627 g/mol. The summed E-state index contributed by atoms with van der Waals surface area (Å²) in [6, 6.07) is 17.6.